The van der Waals surface area contributed by atoms with E-state index in [2.05, 4.69) is 0 Å². The lowest BCUT2D eigenvalue weighted by atomic mass is 9.69. The van der Waals surface area contributed by atoms with Crippen molar-refractivity contribution in [2.75, 3.05) is 26.8 Å². The van der Waals surface area contributed by atoms with Crippen LogP contribution in [0.1, 0.15) is 26.2 Å². The number of amides is 1. The molecule has 1 saturated heterocycles. The van der Waals surface area contributed by atoms with Crippen LogP contribution in [0, 0.1) is 11.8 Å². The Morgan fingerprint density at radius 2 is 1.87 bits per heavy atom. The summed E-state index contributed by atoms with van der Waals surface area (Å²) < 4.78 is 41.8. The molecular weight excluding hydrogens is 410 g/mol. The van der Waals surface area contributed by atoms with E-state index in [9.17, 15) is 18.0 Å². The fraction of sp³-hybridized carbons (Fsp3) is 0.619. The average molecular weight is 440 g/mol. The Bertz CT molecular complexity index is 857. The van der Waals surface area contributed by atoms with Crippen molar-refractivity contribution in [3.05, 3.63) is 30.3 Å². The zero-order chi connectivity index (χ0) is 21.9. The Morgan fingerprint density at radius 1 is 1.17 bits per heavy atom. The number of carbonyl (C=O) groups is 2. The molecular formula is C21H29NO7S. The van der Waals surface area contributed by atoms with E-state index in [1.54, 1.807) is 35.2 Å². The molecule has 0 N–H and O–H groups in total. The standard InChI is InChI=1S/C21H29NO7S/c1-14-20(29-13-27-2)11-18-15(12-30(25,26)17-7-5-4-6-8-17)9-16(23)10-19(18)22(14)21(24)28-3/h4-8,14-15,18-20H,9-13H2,1-3H3/t14-,15-,18-,19+,20-/m0/s1. The highest BCUT2D eigenvalue weighted by Crippen LogP contribution is 2.42. The van der Waals surface area contributed by atoms with Gasteiger partial charge >= 0.3 is 6.09 Å². The number of benzene rings is 1. The van der Waals surface area contributed by atoms with Gasteiger partial charge in [-0.3, -0.25) is 9.69 Å². The second-order valence-electron chi connectivity index (χ2n) is 8.00. The molecule has 1 heterocycles. The number of sulfone groups is 1. The Labute approximate surface area is 177 Å². The Balaban J connectivity index is 1.91. The molecule has 1 aromatic carbocycles. The highest BCUT2D eigenvalue weighted by molar-refractivity contribution is 7.91. The highest BCUT2D eigenvalue weighted by atomic mass is 32.2. The monoisotopic (exact) mass is 439 g/mol. The Kier molecular flexibility index (Phi) is 7.15. The summed E-state index contributed by atoms with van der Waals surface area (Å²) >= 11 is 0. The molecule has 1 saturated carbocycles. The van der Waals surface area contributed by atoms with Gasteiger partial charge in [0.2, 0.25) is 0 Å². The molecule has 0 radical (unpaired) electrons. The van der Waals surface area contributed by atoms with Crippen molar-refractivity contribution in [1.82, 2.24) is 4.90 Å². The molecule has 0 unspecified atom stereocenters. The molecule has 8 nitrogen and oxygen atoms in total. The van der Waals surface area contributed by atoms with Gasteiger partial charge in [-0.1, -0.05) is 18.2 Å². The zero-order valence-electron chi connectivity index (χ0n) is 17.5. The highest BCUT2D eigenvalue weighted by Gasteiger charge is 2.50. The first-order valence-corrected chi connectivity index (χ1v) is 11.7. The first-order valence-electron chi connectivity index (χ1n) is 10.0. The fourth-order valence-electron chi connectivity index (χ4n) is 4.78. The van der Waals surface area contributed by atoms with Gasteiger partial charge in [-0.05, 0) is 37.3 Å². The molecule has 3 rings (SSSR count). The maximum atomic E-state index is 13.0. The lowest BCUT2D eigenvalue weighted by Gasteiger charge is -2.51. The van der Waals surface area contributed by atoms with Gasteiger partial charge in [0, 0.05) is 26.0 Å². The summed E-state index contributed by atoms with van der Waals surface area (Å²) in [5.74, 6) is -0.792. The van der Waals surface area contributed by atoms with Gasteiger partial charge in [-0.25, -0.2) is 13.2 Å². The van der Waals surface area contributed by atoms with E-state index in [0.29, 0.717) is 6.42 Å². The Morgan fingerprint density at radius 3 is 2.50 bits per heavy atom. The number of hydrogen-bond acceptors (Lipinski definition) is 7. The fourth-order valence-corrected chi connectivity index (χ4v) is 6.48. The summed E-state index contributed by atoms with van der Waals surface area (Å²) in [6.07, 6.45) is 0.0321. The SMILES string of the molecule is COCO[C@H]1C[C@H]2[C@H](CS(=O)(=O)c3ccccc3)CC(=O)C[C@H]2N(C(=O)OC)[C@H]1C. The molecule has 9 heteroatoms. The largest absolute Gasteiger partial charge is 0.453 e. The summed E-state index contributed by atoms with van der Waals surface area (Å²) in [6.45, 7) is 1.91. The van der Waals surface area contributed by atoms with Crippen molar-refractivity contribution in [3.63, 3.8) is 0 Å². The molecule has 5 atom stereocenters. The number of hydrogen-bond donors (Lipinski definition) is 0. The molecule has 2 aliphatic rings. The lowest BCUT2D eigenvalue weighted by Crippen LogP contribution is -2.62. The van der Waals surface area contributed by atoms with Gasteiger partial charge in [0.25, 0.3) is 0 Å². The normalized spacial score (nSPS) is 29.4. The summed E-state index contributed by atoms with van der Waals surface area (Å²) in [7, 11) is -0.764. The third-order valence-corrected chi connectivity index (χ3v) is 8.04. The van der Waals surface area contributed by atoms with Crippen LogP contribution < -0.4 is 0 Å². The van der Waals surface area contributed by atoms with Gasteiger partial charge in [-0.2, -0.15) is 0 Å². The molecule has 1 aliphatic heterocycles. The minimum atomic E-state index is -3.58. The van der Waals surface area contributed by atoms with Gasteiger partial charge in [0.05, 0.1) is 29.9 Å². The van der Waals surface area contributed by atoms with Crippen LogP contribution in [-0.2, 0) is 28.8 Å². The number of ketones is 1. The van der Waals surface area contributed by atoms with E-state index in [0.717, 1.165) is 0 Å². The van der Waals surface area contributed by atoms with Crippen LogP contribution in [0.3, 0.4) is 0 Å². The van der Waals surface area contributed by atoms with Gasteiger partial charge in [-0.15, -0.1) is 0 Å². The van der Waals surface area contributed by atoms with Crippen molar-refractivity contribution in [2.24, 2.45) is 11.8 Å². The number of methoxy groups -OCH3 is 2. The first kappa shape index (κ1) is 22.7. The van der Waals surface area contributed by atoms with E-state index in [1.807, 2.05) is 6.92 Å². The molecule has 2 fully saturated rings. The number of nitrogens with zero attached hydrogens (tertiary/aromatic N) is 1. The van der Waals surface area contributed by atoms with E-state index >= 15 is 0 Å². The number of likely N-dealkylation sites (tertiary alicyclic amines) is 1. The maximum Gasteiger partial charge on any atom is 0.410 e. The predicted molar refractivity (Wildman–Crippen MR) is 109 cm³/mol. The van der Waals surface area contributed by atoms with Crippen LogP contribution in [0.2, 0.25) is 0 Å². The molecule has 0 aromatic heterocycles. The van der Waals surface area contributed by atoms with Crippen molar-refractivity contribution in [1.29, 1.82) is 0 Å². The predicted octanol–water partition coefficient (Wildman–Crippen LogP) is 2.27. The third kappa shape index (κ3) is 4.68. The van der Waals surface area contributed by atoms with Crippen LogP contribution in [0.4, 0.5) is 4.79 Å². The van der Waals surface area contributed by atoms with Crippen molar-refractivity contribution < 1.29 is 32.2 Å². The van der Waals surface area contributed by atoms with E-state index < -0.39 is 27.9 Å². The molecule has 1 aromatic rings. The number of fused-ring (bicyclic) bond motifs is 1. The first-order chi connectivity index (χ1) is 14.3. The number of carbonyl (C=O) groups excluding carboxylic acids is 2. The third-order valence-electron chi connectivity index (χ3n) is 6.19. The smallest absolute Gasteiger partial charge is 0.410 e. The van der Waals surface area contributed by atoms with Gasteiger partial charge in [0.1, 0.15) is 12.6 Å². The number of piperidine rings is 1. The molecule has 0 spiro atoms. The number of ether oxygens (including phenoxy) is 3. The second kappa shape index (κ2) is 9.45. The maximum absolute atomic E-state index is 13.0. The van der Waals surface area contributed by atoms with Crippen molar-refractivity contribution in [3.8, 4) is 0 Å². The van der Waals surface area contributed by atoms with Crippen molar-refractivity contribution >= 4 is 21.7 Å². The molecule has 30 heavy (non-hydrogen) atoms. The van der Waals surface area contributed by atoms with E-state index in [4.69, 9.17) is 14.2 Å². The van der Waals surface area contributed by atoms with Crippen LogP contribution in [0.15, 0.2) is 35.2 Å². The number of rotatable bonds is 6. The molecule has 1 aliphatic carbocycles. The van der Waals surface area contributed by atoms with Crippen LogP contribution >= 0.6 is 0 Å². The van der Waals surface area contributed by atoms with Crippen LogP contribution in [0.25, 0.3) is 0 Å². The molecule has 1 amide bonds. The average Bonchev–Trinajstić information content (AvgIpc) is 2.72. The molecule has 166 valence electrons. The summed E-state index contributed by atoms with van der Waals surface area (Å²) in [5.41, 5.74) is 0. The van der Waals surface area contributed by atoms with Gasteiger partial charge < -0.3 is 14.2 Å². The van der Waals surface area contributed by atoms with E-state index in [-0.39, 0.29) is 54.1 Å². The lowest BCUT2D eigenvalue weighted by molar-refractivity contribution is -0.147. The topological polar surface area (TPSA) is 99.2 Å². The summed E-state index contributed by atoms with van der Waals surface area (Å²) in [5, 5.41) is 0. The summed E-state index contributed by atoms with van der Waals surface area (Å²) in [6, 6.07) is 7.50. The zero-order valence-corrected chi connectivity index (χ0v) is 18.3. The Hall–Kier alpha value is -1.97. The van der Waals surface area contributed by atoms with Crippen LogP contribution in [-0.4, -0.2) is 70.1 Å². The minimum Gasteiger partial charge on any atom is -0.453 e. The number of Topliss-reactive ketones (excluding diaryl/α,β-unsaturated/α-hetero) is 1. The second-order valence-corrected chi connectivity index (χ2v) is 10.0. The van der Waals surface area contributed by atoms with Gasteiger partial charge in [0.15, 0.2) is 9.84 Å². The van der Waals surface area contributed by atoms with Crippen molar-refractivity contribution in [2.45, 2.75) is 49.3 Å². The minimum absolute atomic E-state index is 0.0399. The quantitative estimate of drug-likeness (QED) is 0.627. The molecule has 0 bridgehead atoms. The van der Waals surface area contributed by atoms with E-state index in [1.165, 1.54) is 14.2 Å². The van der Waals surface area contributed by atoms with Crippen LogP contribution in [0.5, 0.6) is 0 Å². The summed E-state index contributed by atoms with van der Waals surface area (Å²) in [4.78, 5) is 26.9.